The summed E-state index contributed by atoms with van der Waals surface area (Å²) in [4.78, 5) is 16.5. The molecule has 8 heteroatoms. The number of benzene rings is 1. The zero-order chi connectivity index (χ0) is 18.8. The lowest BCUT2D eigenvalue weighted by Crippen LogP contribution is -2.25. The van der Waals surface area contributed by atoms with Crippen molar-refractivity contribution in [3.63, 3.8) is 0 Å². The Morgan fingerprint density at radius 2 is 2.04 bits per heavy atom. The summed E-state index contributed by atoms with van der Waals surface area (Å²) < 4.78 is 35.0. The van der Waals surface area contributed by atoms with Gasteiger partial charge >= 0.3 is 0 Å². The topological polar surface area (TPSA) is 81.6 Å². The maximum atomic E-state index is 14.5. The monoisotopic (exact) mass is 360 g/mol. The molecular formula is C18H18F2N4O2. The Labute approximate surface area is 148 Å². The van der Waals surface area contributed by atoms with Crippen LogP contribution in [-0.2, 0) is 0 Å². The number of halogens is 2. The van der Waals surface area contributed by atoms with E-state index in [-0.39, 0.29) is 34.0 Å². The van der Waals surface area contributed by atoms with Crippen LogP contribution >= 0.6 is 0 Å². The van der Waals surface area contributed by atoms with E-state index in [4.69, 9.17) is 10.5 Å². The normalized spacial score (nSPS) is 10.9. The van der Waals surface area contributed by atoms with Crippen molar-refractivity contribution in [2.75, 3.05) is 19.4 Å². The zero-order valence-electron chi connectivity index (χ0n) is 14.3. The number of rotatable bonds is 5. The van der Waals surface area contributed by atoms with E-state index in [1.54, 1.807) is 18.3 Å². The number of pyridine rings is 1. The molecular weight excluding hydrogens is 342 g/mol. The lowest BCUT2D eigenvalue weighted by Gasteiger charge is -2.11. The molecule has 0 aliphatic heterocycles. The number of anilines is 1. The van der Waals surface area contributed by atoms with Gasteiger partial charge in [-0.2, -0.15) is 0 Å². The molecule has 0 saturated carbocycles. The van der Waals surface area contributed by atoms with Crippen LogP contribution in [0.5, 0.6) is 5.75 Å². The Morgan fingerprint density at radius 1 is 1.31 bits per heavy atom. The fourth-order valence-corrected chi connectivity index (χ4v) is 2.75. The molecule has 26 heavy (non-hydrogen) atoms. The van der Waals surface area contributed by atoms with Gasteiger partial charge in [0.2, 0.25) is 0 Å². The van der Waals surface area contributed by atoms with E-state index in [2.05, 4.69) is 10.3 Å². The first-order valence-electron chi connectivity index (χ1n) is 8.06. The number of nitrogens with one attached hydrogen (secondary N) is 1. The number of carbonyl (C=O) groups is 1. The summed E-state index contributed by atoms with van der Waals surface area (Å²) in [5.74, 6) is -1.92. The molecule has 6 nitrogen and oxygen atoms in total. The molecule has 2 heterocycles. The van der Waals surface area contributed by atoms with Crippen molar-refractivity contribution in [3.8, 4) is 16.9 Å². The lowest BCUT2D eigenvalue weighted by atomic mass is 10.0. The highest BCUT2D eigenvalue weighted by Crippen LogP contribution is 2.37. The van der Waals surface area contributed by atoms with Crippen LogP contribution in [-0.4, -0.2) is 28.9 Å². The van der Waals surface area contributed by atoms with Gasteiger partial charge in [0.05, 0.1) is 12.7 Å². The highest BCUT2D eigenvalue weighted by atomic mass is 19.1. The first-order valence-corrected chi connectivity index (χ1v) is 8.06. The Balaban J connectivity index is 2.24. The van der Waals surface area contributed by atoms with Crippen molar-refractivity contribution in [1.82, 2.24) is 14.7 Å². The van der Waals surface area contributed by atoms with E-state index < -0.39 is 17.5 Å². The Kier molecular flexibility index (Phi) is 4.75. The van der Waals surface area contributed by atoms with Gasteiger partial charge in [0.15, 0.2) is 17.3 Å². The van der Waals surface area contributed by atoms with E-state index in [1.807, 2.05) is 6.92 Å². The first-order chi connectivity index (χ1) is 12.5. The number of amides is 1. The second kappa shape index (κ2) is 6.99. The number of methoxy groups -OCH3 is 1. The van der Waals surface area contributed by atoms with Crippen LogP contribution in [0.1, 0.15) is 23.8 Å². The van der Waals surface area contributed by atoms with Crippen LogP contribution in [0.4, 0.5) is 14.6 Å². The van der Waals surface area contributed by atoms with Crippen LogP contribution in [0.3, 0.4) is 0 Å². The molecule has 0 unspecified atom stereocenters. The molecule has 0 bridgehead atoms. The average Bonchev–Trinajstić information content (AvgIpc) is 2.98. The summed E-state index contributed by atoms with van der Waals surface area (Å²) in [7, 11) is 1.25. The third-order valence-corrected chi connectivity index (χ3v) is 3.97. The van der Waals surface area contributed by atoms with Crippen molar-refractivity contribution in [2.24, 2.45) is 0 Å². The van der Waals surface area contributed by atoms with Gasteiger partial charge in [-0.05, 0) is 30.7 Å². The molecule has 2 aromatic heterocycles. The third kappa shape index (κ3) is 2.83. The maximum absolute atomic E-state index is 14.5. The highest BCUT2D eigenvalue weighted by Gasteiger charge is 2.23. The molecule has 0 aliphatic rings. The molecule has 1 aromatic carbocycles. The third-order valence-electron chi connectivity index (χ3n) is 3.97. The molecule has 0 saturated heterocycles. The van der Waals surface area contributed by atoms with E-state index in [9.17, 15) is 13.6 Å². The number of nitrogens with zero attached hydrogens (tertiary/aromatic N) is 2. The number of hydrogen-bond donors (Lipinski definition) is 2. The standard InChI is InChI=1S/C18H18F2N4O2/c1-3-8-22-18(25)14-16(21)24-9-4-5-10(17(24)23-14)13-11(19)6-7-12(20)15(13)26-2/h4-7,9H,3,8,21H2,1-2H3,(H,22,25). The van der Waals surface area contributed by atoms with Gasteiger partial charge in [0, 0.05) is 18.3 Å². The quantitative estimate of drug-likeness (QED) is 0.733. The molecule has 0 fully saturated rings. The highest BCUT2D eigenvalue weighted by molar-refractivity contribution is 5.99. The largest absolute Gasteiger partial charge is 0.493 e. The molecule has 3 N–H and O–H groups in total. The molecule has 0 atom stereocenters. The zero-order valence-corrected chi connectivity index (χ0v) is 14.3. The predicted molar refractivity (Wildman–Crippen MR) is 94.1 cm³/mol. The Morgan fingerprint density at radius 3 is 2.73 bits per heavy atom. The summed E-state index contributed by atoms with van der Waals surface area (Å²) in [5.41, 5.74) is 6.48. The number of imidazole rings is 1. The number of carbonyl (C=O) groups excluding carboxylic acids is 1. The smallest absolute Gasteiger partial charge is 0.273 e. The van der Waals surface area contributed by atoms with E-state index in [0.29, 0.717) is 6.54 Å². The molecule has 3 aromatic rings. The van der Waals surface area contributed by atoms with E-state index in [1.165, 1.54) is 11.5 Å². The fraction of sp³-hybridized carbons (Fsp3) is 0.222. The minimum atomic E-state index is -0.702. The van der Waals surface area contributed by atoms with E-state index >= 15 is 0 Å². The fourth-order valence-electron chi connectivity index (χ4n) is 2.75. The predicted octanol–water partition coefficient (Wildman–Crippen LogP) is 3.01. The molecule has 0 spiro atoms. The van der Waals surface area contributed by atoms with Crippen LogP contribution in [0, 0.1) is 11.6 Å². The average molecular weight is 360 g/mol. The van der Waals surface area contributed by atoms with Crippen LogP contribution in [0.25, 0.3) is 16.8 Å². The minimum Gasteiger partial charge on any atom is -0.493 e. The van der Waals surface area contributed by atoms with Gasteiger partial charge in [-0.15, -0.1) is 0 Å². The van der Waals surface area contributed by atoms with Gasteiger partial charge in [0.25, 0.3) is 5.91 Å². The number of nitrogens with two attached hydrogens (primary N) is 1. The first kappa shape index (κ1) is 17.7. The molecule has 0 aliphatic carbocycles. The Bertz CT molecular complexity index is 985. The van der Waals surface area contributed by atoms with Gasteiger partial charge < -0.3 is 15.8 Å². The van der Waals surface area contributed by atoms with Gasteiger partial charge in [0.1, 0.15) is 17.3 Å². The second-order valence-corrected chi connectivity index (χ2v) is 5.65. The number of fused-ring (bicyclic) bond motifs is 1. The molecule has 1 amide bonds. The van der Waals surface area contributed by atoms with Gasteiger partial charge in [-0.3, -0.25) is 9.20 Å². The molecule has 3 rings (SSSR count). The molecule has 0 radical (unpaired) electrons. The summed E-state index contributed by atoms with van der Waals surface area (Å²) >= 11 is 0. The summed E-state index contributed by atoms with van der Waals surface area (Å²) in [6.07, 6.45) is 2.36. The van der Waals surface area contributed by atoms with Crippen LogP contribution < -0.4 is 15.8 Å². The SMILES string of the molecule is CCCNC(=O)c1nc2c(-c3c(F)ccc(F)c3OC)cccn2c1N. The maximum Gasteiger partial charge on any atom is 0.273 e. The van der Waals surface area contributed by atoms with Crippen molar-refractivity contribution >= 4 is 17.4 Å². The van der Waals surface area contributed by atoms with Gasteiger partial charge in [-0.25, -0.2) is 13.8 Å². The minimum absolute atomic E-state index is 0.0293. The number of hydrogen-bond acceptors (Lipinski definition) is 4. The van der Waals surface area contributed by atoms with E-state index in [0.717, 1.165) is 18.6 Å². The van der Waals surface area contributed by atoms with Crippen LogP contribution in [0.2, 0.25) is 0 Å². The number of aromatic nitrogens is 2. The summed E-state index contributed by atoms with van der Waals surface area (Å²) in [5, 5.41) is 2.70. The van der Waals surface area contributed by atoms with Gasteiger partial charge in [-0.1, -0.05) is 6.92 Å². The number of nitrogen functional groups attached to an aromatic ring is 1. The lowest BCUT2D eigenvalue weighted by molar-refractivity contribution is 0.0950. The second-order valence-electron chi connectivity index (χ2n) is 5.65. The van der Waals surface area contributed by atoms with Crippen LogP contribution in [0.15, 0.2) is 30.5 Å². The van der Waals surface area contributed by atoms with Crippen molar-refractivity contribution in [2.45, 2.75) is 13.3 Å². The van der Waals surface area contributed by atoms with Crippen molar-refractivity contribution in [3.05, 3.63) is 47.8 Å². The van der Waals surface area contributed by atoms with Crippen molar-refractivity contribution < 1.29 is 18.3 Å². The summed E-state index contributed by atoms with van der Waals surface area (Å²) in [6, 6.07) is 5.17. The number of ether oxygens (including phenoxy) is 1. The molecule has 136 valence electrons. The Hall–Kier alpha value is -3.16. The summed E-state index contributed by atoms with van der Waals surface area (Å²) in [6.45, 7) is 2.40. The van der Waals surface area contributed by atoms with Crippen molar-refractivity contribution in [1.29, 1.82) is 0 Å².